The van der Waals surface area contributed by atoms with Crippen molar-refractivity contribution in [3.05, 3.63) is 22.5 Å². The quantitative estimate of drug-likeness (QED) is 0.880. The van der Waals surface area contributed by atoms with E-state index in [1.807, 2.05) is 13.8 Å². The summed E-state index contributed by atoms with van der Waals surface area (Å²) in [6, 6.07) is 2.65. The van der Waals surface area contributed by atoms with Gasteiger partial charge in [-0.15, -0.1) is 0 Å². The lowest BCUT2D eigenvalue weighted by Gasteiger charge is -2.08. The van der Waals surface area contributed by atoms with E-state index in [1.165, 1.54) is 12.1 Å². The van der Waals surface area contributed by atoms with Crippen molar-refractivity contribution in [1.82, 2.24) is 15.0 Å². The summed E-state index contributed by atoms with van der Waals surface area (Å²) in [5, 5.41) is 0. The zero-order valence-corrected chi connectivity index (χ0v) is 11.8. The highest BCUT2D eigenvalue weighted by molar-refractivity contribution is 5.72. The van der Waals surface area contributed by atoms with E-state index in [-0.39, 0.29) is 23.3 Å². The molecular weight excluding hydrogens is 301 g/mol. The van der Waals surface area contributed by atoms with Crippen molar-refractivity contribution in [2.45, 2.75) is 20.0 Å². The molecule has 0 radical (unpaired) electrons. The van der Waals surface area contributed by atoms with Gasteiger partial charge in [0.15, 0.2) is 12.3 Å². The largest absolute Gasteiger partial charge is 0.468 e. The number of halogens is 3. The summed E-state index contributed by atoms with van der Waals surface area (Å²) in [5.41, 5.74) is -0.243. The van der Waals surface area contributed by atoms with Gasteiger partial charge < -0.3 is 9.72 Å². The third kappa shape index (κ3) is 4.27. The van der Waals surface area contributed by atoms with Crippen LogP contribution >= 0.6 is 0 Å². The Kier molecular flexibility index (Phi) is 4.43. The monoisotopic (exact) mass is 314 g/mol. The smallest absolute Gasteiger partial charge is 0.422 e. The van der Waals surface area contributed by atoms with Crippen LogP contribution in [0.25, 0.3) is 11.2 Å². The molecule has 0 spiro atoms. The zero-order valence-electron chi connectivity index (χ0n) is 11.8. The number of H-pyrrole nitrogens is 1. The number of fused-ring (bicyclic) bond motifs is 1. The maximum absolute atomic E-state index is 12.1. The van der Waals surface area contributed by atoms with Crippen LogP contribution in [0.2, 0.25) is 0 Å². The van der Waals surface area contributed by atoms with Gasteiger partial charge in [0.2, 0.25) is 11.7 Å². The Bertz CT molecular complexity index is 753. The van der Waals surface area contributed by atoms with Crippen LogP contribution in [0, 0.1) is 5.92 Å². The van der Waals surface area contributed by atoms with Gasteiger partial charge in [-0.3, -0.25) is 4.79 Å². The van der Waals surface area contributed by atoms with Crippen LogP contribution in [0.3, 0.4) is 0 Å². The van der Waals surface area contributed by atoms with Crippen molar-refractivity contribution in [3.63, 3.8) is 0 Å². The highest BCUT2D eigenvalue weighted by atomic mass is 19.4. The fourth-order valence-corrected chi connectivity index (χ4v) is 1.49. The highest BCUT2D eigenvalue weighted by Crippen LogP contribution is 2.18. The molecule has 2 aromatic heterocycles. The van der Waals surface area contributed by atoms with Crippen molar-refractivity contribution >= 4 is 23.2 Å². The molecule has 2 heterocycles. The van der Waals surface area contributed by atoms with Crippen LogP contribution < -0.4 is 10.3 Å². The summed E-state index contributed by atoms with van der Waals surface area (Å²) in [6.45, 7) is 2.33. The molecule has 6 nitrogen and oxygen atoms in total. The molecule has 0 bridgehead atoms. The Morgan fingerprint density at radius 3 is 2.73 bits per heavy atom. The van der Waals surface area contributed by atoms with E-state index >= 15 is 0 Å². The van der Waals surface area contributed by atoms with Gasteiger partial charge in [0.05, 0.1) is 0 Å². The summed E-state index contributed by atoms with van der Waals surface area (Å²) >= 11 is 0. The molecule has 0 saturated heterocycles. The van der Waals surface area contributed by atoms with E-state index < -0.39 is 18.3 Å². The lowest BCUT2D eigenvalue weighted by Crippen LogP contribution is -2.19. The van der Waals surface area contributed by atoms with E-state index in [1.54, 1.807) is 6.21 Å². The summed E-state index contributed by atoms with van der Waals surface area (Å²) < 4.78 is 40.8. The van der Waals surface area contributed by atoms with E-state index in [0.717, 1.165) is 0 Å². The van der Waals surface area contributed by atoms with Crippen molar-refractivity contribution < 1.29 is 17.9 Å². The number of aromatic nitrogens is 3. The third-order valence-electron chi connectivity index (χ3n) is 2.39. The standard InChI is InChI=1S/C13H13F3N4O2/c1-7(2)5-17-11-12(21)20-10-8(18-11)3-4-9(19-10)22-6-13(14,15)16/h3-5,7H,6H2,1-2H3,(H,19,20,21). The molecule has 0 aliphatic heterocycles. The molecule has 0 amide bonds. The van der Waals surface area contributed by atoms with Crippen LogP contribution in [-0.4, -0.2) is 33.9 Å². The van der Waals surface area contributed by atoms with Crippen molar-refractivity contribution in [2.24, 2.45) is 10.9 Å². The average Bonchev–Trinajstić information content (AvgIpc) is 2.41. The minimum Gasteiger partial charge on any atom is -0.468 e. The number of aromatic amines is 1. The number of nitrogens with zero attached hydrogens (tertiary/aromatic N) is 3. The Labute approximate surface area is 123 Å². The van der Waals surface area contributed by atoms with Gasteiger partial charge in [-0.2, -0.15) is 18.2 Å². The first-order valence-electron chi connectivity index (χ1n) is 6.39. The van der Waals surface area contributed by atoms with Crippen LogP contribution in [-0.2, 0) is 0 Å². The van der Waals surface area contributed by atoms with Gasteiger partial charge in [-0.05, 0) is 12.0 Å². The number of hydrogen-bond acceptors (Lipinski definition) is 5. The van der Waals surface area contributed by atoms with Crippen LogP contribution in [0.4, 0.5) is 19.0 Å². The highest BCUT2D eigenvalue weighted by Gasteiger charge is 2.28. The SMILES string of the molecule is CC(C)C=Nc1nc2ccc(OCC(F)(F)F)nc2[nH]c1=O. The number of ether oxygens (including phenoxy) is 1. The summed E-state index contributed by atoms with van der Waals surface area (Å²) in [6.07, 6.45) is -2.89. The van der Waals surface area contributed by atoms with E-state index in [2.05, 4.69) is 24.7 Å². The molecule has 118 valence electrons. The Morgan fingerprint density at radius 1 is 1.36 bits per heavy atom. The van der Waals surface area contributed by atoms with E-state index in [9.17, 15) is 18.0 Å². The number of nitrogens with one attached hydrogen (secondary N) is 1. The predicted molar refractivity (Wildman–Crippen MR) is 74.7 cm³/mol. The van der Waals surface area contributed by atoms with Crippen molar-refractivity contribution in [2.75, 3.05) is 6.61 Å². The Morgan fingerprint density at radius 2 is 2.09 bits per heavy atom. The molecule has 22 heavy (non-hydrogen) atoms. The van der Waals surface area contributed by atoms with Crippen molar-refractivity contribution in [3.8, 4) is 5.88 Å². The minimum absolute atomic E-state index is 0.0352. The number of aliphatic imine (C=N–C) groups is 1. The molecule has 1 N–H and O–H groups in total. The number of pyridine rings is 1. The maximum Gasteiger partial charge on any atom is 0.422 e. The Hall–Kier alpha value is -2.45. The second kappa shape index (κ2) is 6.12. The number of rotatable bonds is 4. The predicted octanol–water partition coefficient (Wildman–Crippen LogP) is 2.62. The fraction of sp³-hybridized carbons (Fsp3) is 0.385. The van der Waals surface area contributed by atoms with Gasteiger partial charge in [-0.25, -0.2) is 9.98 Å². The first-order valence-corrected chi connectivity index (χ1v) is 6.39. The van der Waals surface area contributed by atoms with E-state index in [4.69, 9.17) is 0 Å². The second-order valence-electron chi connectivity index (χ2n) is 4.83. The van der Waals surface area contributed by atoms with Gasteiger partial charge in [0, 0.05) is 12.3 Å². The lowest BCUT2D eigenvalue weighted by atomic mass is 10.2. The van der Waals surface area contributed by atoms with Crippen molar-refractivity contribution in [1.29, 1.82) is 0 Å². The number of alkyl halides is 3. The van der Waals surface area contributed by atoms with Gasteiger partial charge in [0.1, 0.15) is 5.52 Å². The molecule has 0 aliphatic rings. The summed E-state index contributed by atoms with van der Waals surface area (Å²) in [5.74, 6) is -0.138. The Balaban J connectivity index is 2.31. The molecule has 9 heteroatoms. The average molecular weight is 314 g/mol. The molecule has 0 unspecified atom stereocenters. The lowest BCUT2D eigenvalue weighted by molar-refractivity contribution is -0.154. The maximum atomic E-state index is 12.1. The van der Waals surface area contributed by atoms with Crippen LogP contribution in [0.1, 0.15) is 13.8 Å². The topological polar surface area (TPSA) is 80.2 Å². The first kappa shape index (κ1) is 15.9. The molecule has 2 rings (SSSR count). The summed E-state index contributed by atoms with van der Waals surface area (Å²) in [4.78, 5) is 26.0. The second-order valence-corrected chi connectivity index (χ2v) is 4.83. The third-order valence-corrected chi connectivity index (χ3v) is 2.39. The zero-order chi connectivity index (χ0) is 16.3. The first-order chi connectivity index (χ1) is 10.2. The molecule has 0 aromatic carbocycles. The van der Waals surface area contributed by atoms with Crippen LogP contribution in [0.5, 0.6) is 5.88 Å². The molecule has 0 atom stereocenters. The fourth-order valence-electron chi connectivity index (χ4n) is 1.49. The molecular formula is C13H13F3N4O2. The minimum atomic E-state index is -4.46. The summed E-state index contributed by atoms with van der Waals surface area (Å²) in [7, 11) is 0. The molecule has 0 fully saturated rings. The van der Waals surface area contributed by atoms with E-state index in [0.29, 0.717) is 5.52 Å². The van der Waals surface area contributed by atoms with Crippen LogP contribution in [0.15, 0.2) is 21.9 Å². The number of hydrogen-bond donors (Lipinski definition) is 1. The van der Waals surface area contributed by atoms with Gasteiger partial charge >= 0.3 is 6.18 Å². The molecule has 0 aliphatic carbocycles. The molecule has 2 aromatic rings. The van der Waals surface area contributed by atoms with Gasteiger partial charge in [-0.1, -0.05) is 13.8 Å². The molecule has 0 saturated carbocycles. The normalized spacial score (nSPS) is 12.5. The van der Waals surface area contributed by atoms with Gasteiger partial charge in [0.25, 0.3) is 5.56 Å².